The van der Waals surface area contributed by atoms with Crippen LogP contribution in [0.15, 0.2) is 140 Å². The molecule has 2 heteroatoms. The second-order valence-corrected chi connectivity index (χ2v) is 12.7. The third kappa shape index (κ3) is 2.80. The van der Waals surface area contributed by atoms with E-state index in [1.54, 1.807) is 0 Å². The molecule has 1 heterocycles. The summed E-state index contributed by atoms with van der Waals surface area (Å²) < 4.78 is 15.9. The van der Waals surface area contributed by atoms with Gasteiger partial charge in [-0.2, -0.15) is 0 Å². The van der Waals surface area contributed by atoms with E-state index >= 15 is 4.57 Å². The van der Waals surface area contributed by atoms with E-state index in [1.165, 1.54) is 32.7 Å². The van der Waals surface area contributed by atoms with Crippen molar-refractivity contribution in [2.24, 2.45) is 0 Å². The predicted octanol–water partition coefficient (Wildman–Crippen LogP) is 8.43. The minimum absolute atomic E-state index is 0.866. The maximum atomic E-state index is 15.9. The second-order valence-electron chi connectivity index (χ2n) is 9.98. The van der Waals surface area contributed by atoms with E-state index in [0.717, 1.165) is 37.8 Å². The molecule has 1 nitrogen and oxygen atoms in total. The Hall–Kier alpha value is -4.45. The molecule has 0 radical (unpaired) electrons. The standard InChI is InChI=1S/C36H23OP/c37-38(25-13-2-1-3-14-25)32-21-11-10-20-31(32)34-29-18-8-6-16-27(29)28-17-7-9-19-30(28)36(34)35-26-15-5-4-12-24(26)22-23-33(35)38/h1-23H. The first-order chi connectivity index (χ1) is 18.8. The largest absolute Gasteiger partial charge is 0.309 e. The number of hydrogen-bond acceptors (Lipinski definition) is 1. The lowest BCUT2D eigenvalue weighted by Gasteiger charge is -2.23. The minimum atomic E-state index is -3.23. The van der Waals surface area contributed by atoms with Crippen LogP contribution >= 0.6 is 7.14 Å². The molecule has 178 valence electrons. The van der Waals surface area contributed by atoms with Crippen molar-refractivity contribution < 1.29 is 4.57 Å². The van der Waals surface area contributed by atoms with E-state index in [1.807, 2.05) is 36.4 Å². The van der Waals surface area contributed by atoms with E-state index in [0.29, 0.717) is 0 Å². The average Bonchev–Trinajstić information content (AvgIpc) is 3.10. The van der Waals surface area contributed by atoms with Crippen LogP contribution in [0.5, 0.6) is 0 Å². The summed E-state index contributed by atoms with van der Waals surface area (Å²) >= 11 is 0. The van der Waals surface area contributed by atoms with E-state index in [4.69, 9.17) is 0 Å². The molecule has 1 unspecified atom stereocenters. The fourth-order valence-corrected chi connectivity index (χ4v) is 9.53. The van der Waals surface area contributed by atoms with Gasteiger partial charge in [0.15, 0.2) is 7.14 Å². The van der Waals surface area contributed by atoms with Gasteiger partial charge in [0.05, 0.1) is 0 Å². The summed E-state index contributed by atoms with van der Waals surface area (Å²) in [6, 6.07) is 48.6. The van der Waals surface area contributed by atoms with E-state index in [9.17, 15) is 0 Å². The van der Waals surface area contributed by atoms with Gasteiger partial charge >= 0.3 is 0 Å². The third-order valence-corrected chi connectivity index (χ3v) is 11.2. The maximum Gasteiger partial charge on any atom is 0.172 e. The van der Waals surface area contributed by atoms with Crippen molar-refractivity contribution in [2.75, 3.05) is 0 Å². The van der Waals surface area contributed by atoms with E-state index in [-0.39, 0.29) is 0 Å². The summed E-state index contributed by atoms with van der Waals surface area (Å²) in [5, 5.41) is 9.78. The average molecular weight is 503 g/mol. The van der Waals surface area contributed by atoms with Crippen LogP contribution in [0.2, 0.25) is 0 Å². The molecule has 1 atom stereocenters. The SMILES string of the molecule is O=P1(c2ccccc2)c2ccccc2-c2c(c3ccccc3c3ccccc23)-c2c1ccc1ccccc21. The minimum Gasteiger partial charge on any atom is -0.309 e. The molecule has 0 amide bonds. The van der Waals surface area contributed by atoms with Crippen molar-refractivity contribution in [3.63, 3.8) is 0 Å². The lowest BCUT2D eigenvalue weighted by molar-refractivity contribution is 0.592. The Bertz CT molecular complexity index is 2110. The molecule has 1 aliphatic heterocycles. The molecule has 0 aliphatic carbocycles. The Balaban J connectivity index is 1.73. The summed E-state index contributed by atoms with van der Waals surface area (Å²) in [5.74, 6) is 0. The molecule has 0 bridgehead atoms. The van der Waals surface area contributed by atoms with Crippen LogP contribution in [0, 0.1) is 0 Å². The smallest absolute Gasteiger partial charge is 0.172 e. The van der Waals surface area contributed by atoms with Gasteiger partial charge in [0, 0.05) is 21.5 Å². The Morgan fingerprint density at radius 1 is 0.368 bits per heavy atom. The Kier molecular flexibility index (Phi) is 4.56. The highest BCUT2D eigenvalue weighted by molar-refractivity contribution is 7.85. The number of fused-ring (bicyclic) bond motifs is 12. The van der Waals surface area contributed by atoms with Crippen LogP contribution in [0.3, 0.4) is 0 Å². The molecule has 0 fully saturated rings. The van der Waals surface area contributed by atoms with Crippen LogP contribution in [0.25, 0.3) is 54.6 Å². The normalized spacial score (nSPS) is 16.1. The number of rotatable bonds is 1. The zero-order chi connectivity index (χ0) is 25.3. The van der Waals surface area contributed by atoms with Crippen molar-refractivity contribution in [1.82, 2.24) is 0 Å². The van der Waals surface area contributed by atoms with Gasteiger partial charge in [0.25, 0.3) is 0 Å². The summed E-state index contributed by atoms with van der Waals surface area (Å²) in [6.45, 7) is 0. The molecule has 1 aliphatic rings. The Morgan fingerprint density at radius 2 is 0.921 bits per heavy atom. The van der Waals surface area contributed by atoms with Gasteiger partial charge in [-0.3, -0.25) is 0 Å². The monoisotopic (exact) mass is 502 g/mol. The van der Waals surface area contributed by atoms with Gasteiger partial charge in [-0.05, 0) is 55.1 Å². The maximum absolute atomic E-state index is 15.9. The first-order valence-electron chi connectivity index (χ1n) is 13.0. The fourth-order valence-electron chi connectivity index (χ4n) is 6.47. The molecule has 0 spiro atoms. The van der Waals surface area contributed by atoms with Gasteiger partial charge < -0.3 is 4.57 Å². The molecule has 8 rings (SSSR count). The van der Waals surface area contributed by atoms with Crippen molar-refractivity contribution in [3.05, 3.63) is 140 Å². The zero-order valence-corrected chi connectivity index (χ0v) is 21.5. The molecular formula is C36H23OP. The highest BCUT2D eigenvalue weighted by Crippen LogP contribution is 2.56. The summed E-state index contributed by atoms with van der Waals surface area (Å²) in [6.07, 6.45) is 0. The number of hydrogen-bond donors (Lipinski definition) is 0. The van der Waals surface area contributed by atoms with Crippen LogP contribution in [0.4, 0.5) is 0 Å². The van der Waals surface area contributed by atoms with Crippen LogP contribution < -0.4 is 15.9 Å². The first kappa shape index (κ1) is 21.6. The highest BCUT2D eigenvalue weighted by Gasteiger charge is 2.39. The van der Waals surface area contributed by atoms with Gasteiger partial charge in [0.1, 0.15) is 0 Å². The molecule has 0 saturated heterocycles. The highest BCUT2D eigenvalue weighted by atomic mass is 31.2. The summed E-state index contributed by atoms with van der Waals surface area (Å²) in [7, 11) is -3.23. The lowest BCUT2D eigenvalue weighted by atomic mass is 9.83. The third-order valence-electron chi connectivity index (χ3n) is 8.06. The van der Waals surface area contributed by atoms with Gasteiger partial charge in [-0.25, -0.2) is 0 Å². The first-order valence-corrected chi connectivity index (χ1v) is 14.7. The molecule has 7 aromatic carbocycles. The van der Waals surface area contributed by atoms with Crippen molar-refractivity contribution in [3.8, 4) is 22.3 Å². The summed E-state index contributed by atoms with van der Waals surface area (Å²) in [4.78, 5) is 0. The van der Waals surface area contributed by atoms with Crippen LogP contribution in [0.1, 0.15) is 0 Å². The summed E-state index contributed by atoms with van der Waals surface area (Å²) in [5.41, 5.74) is 4.48. The lowest BCUT2D eigenvalue weighted by Crippen LogP contribution is -2.26. The van der Waals surface area contributed by atoms with E-state index in [2.05, 4.69) is 103 Å². The molecule has 0 aromatic heterocycles. The number of benzene rings is 7. The van der Waals surface area contributed by atoms with Crippen molar-refractivity contribution >= 4 is 55.4 Å². The molecule has 38 heavy (non-hydrogen) atoms. The molecule has 0 N–H and O–H groups in total. The zero-order valence-electron chi connectivity index (χ0n) is 20.6. The second kappa shape index (κ2) is 8.02. The van der Waals surface area contributed by atoms with Crippen molar-refractivity contribution in [2.45, 2.75) is 0 Å². The van der Waals surface area contributed by atoms with E-state index < -0.39 is 7.14 Å². The Morgan fingerprint density at radius 3 is 1.66 bits per heavy atom. The fraction of sp³-hybridized carbons (Fsp3) is 0. The van der Waals surface area contributed by atoms with Gasteiger partial charge in [-0.1, -0.05) is 133 Å². The quantitative estimate of drug-likeness (QED) is 0.163. The van der Waals surface area contributed by atoms with Gasteiger partial charge in [0.2, 0.25) is 0 Å². The topological polar surface area (TPSA) is 17.1 Å². The predicted molar refractivity (Wildman–Crippen MR) is 163 cm³/mol. The van der Waals surface area contributed by atoms with Crippen LogP contribution in [-0.2, 0) is 4.57 Å². The van der Waals surface area contributed by atoms with Crippen molar-refractivity contribution in [1.29, 1.82) is 0 Å². The Labute approximate surface area is 221 Å². The molecule has 0 saturated carbocycles. The molecule has 7 aromatic rings. The van der Waals surface area contributed by atoms with Gasteiger partial charge in [-0.15, -0.1) is 0 Å². The van der Waals surface area contributed by atoms with Crippen LogP contribution in [-0.4, -0.2) is 0 Å². The molecular weight excluding hydrogens is 479 g/mol.